The van der Waals surface area contributed by atoms with Crippen molar-refractivity contribution in [1.82, 2.24) is 0 Å². The van der Waals surface area contributed by atoms with Crippen LogP contribution in [0, 0.1) is 0 Å². The minimum Gasteiger partial charge on any atom is -0.281 e. The molecule has 1 aliphatic heterocycles. The van der Waals surface area contributed by atoms with E-state index < -0.39 is 0 Å². The van der Waals surface area contributed by atoms with Gasteiger partial charge in [-0.25, -0.2) is 0 Å². The second-order valence-corrected chi connectivity index (χ2v) is 3.19. The number of rotatable bonds is 1. The number of nitrogens with zero attached hydrogens (tertiary/aromatic N) is 1. The molecule has 0 saturated heterocycles. The van der Waals surface area contributed by atoms with Gasteiger partial charge in [0, 0.05) is 11.3 Å². The van der Waals surface area contributed by atoms with Gasteiger partial charge in [-0.15, -0.1) is 0 Å². The predicted octanol–water partition coefficient (Wildman–Crippen LogP) is 2.96. The van der Waals surface area contributed by atoms with Crippen molar-refractivity contribution < 1.29 is 0 Å². The van der Waals surface area contributed by atoms with Gasteiger partial charge in [-0.3, -0.25) is 4.99 Å². The molecule has 0 fully saturated rings. The molecule has 1 heteroatoms. The molecule has 1 unspecified atom stereocenters. The van der Waals surface area contributed by atoms with E-state index in [-0.39, 0.29) is 0 Å². The maximum absolute atomic E-state index is 4.59. The van der Waals surface area contributed by atoms with E-state index in [0.29, 0.717) is 6.04 Å². The minimum atomic E-state index is 0.371. The summed E-state index contributed by atoms with van der Waals surface area (Å²) in [6.07, 6.45) is 1.04. The summed E-state index contributed by atoms with van der Waals surface area (Å²) in [5.41, 5.74) is 4.00. The molecule has 0 aliphatic carbocycles. The van der Waals surface area contributed by atoms with E-state index in [2.05, 4.69) is 43.1 Å². The maximum Gasteiger partial charge on any atom is 0.0730 e. The standard InChI is InChI=1S/C11H13N/c1-3-11-10-7-5-4-6-9(10)8(2)12-11/h4-8H,3H2,1-2H3. The first kappa shape index (κ1) is 7.53. The number of fused-ring (bicyclic) bond motifs is 1. The topological polar surface area (TPSA) is 12.4 Å². The van der Waals surface area contributed by atoms with Crippen LogP contribution >= 0.6 is 0 Å². The summed E-state index contributed by atoms with van der Waals surface area (Å²) in [5.74, 6) is 0. The van der Waals surface area contributed by atoms with Crippen LogP contribution in [0.15, 0.2) is 29.3 Å². The van der Waals surface area contributed by atoms with E-state index in [1.807, 2.05) is 0 Å². The number of hydrogen-bond acceptors (Lipinski definition) is 1. The van der Waals surface area contributed by atoms with Crippen molar-refractivity contribution in [3.8, 4) is 0 Å². The fraction of sp³-hybridized carbons (Fsp3) is 0.364. The van der Waals surface area contributed by atoms with Gasteiger partial charge in [0.25, 0.3) is 0 Å². The smallest absolute Gasteiger partial charge is 0.0730 e. The third-order valence-corrected chi connectivity index (χ3v) is 2.41. The van der Waals surface area contributed by atoms with Gasteiger partial charge in [-0.05, 0) is 18.9 Å². The molecule has 0 aromatic heterocycles. The van der Waals surface area contributed by atoms with Crippen molar-refractivity contribution in [1.29, 1.82) is 0 Å². The molecule has 0 saturated carbocycles. The van der Waals surface area contributed by atoms with Crippen LogP contribution in [-0.2, 0) is 0 Å². The average Bonchev–Trinajstić information content (AvgIpc) is 2.44. The first-order valence-electron chi connectivity index (χ1n) is 4.49. The second kappa shape index (κ2) is 2.74. The predicted molar refractivity (Wildman–Crippen MR) is 51.7 cm³/mol. The van der Waals surface area contributed by atoms with Crippen LogP contribution in [0.3, 0.4) is 0 Å². The van der Waals surface area contributed by atoms with Crippen molar-refractivity contribution in [2.24, 2.45) is 4.99 Å². The Kier molecular flexibility index (Phi) is 1.72. The van der Waals surface area contributed by atoms with Gasteiger partial charge in [-0.2, -0.15) is 0 Å². The molecule has 0 spiro atoms. The fourth-order valence-corrected chi connectivity index (χ4v) is 1.78. The highest BCUT2D eigenvalue weighted by molar-refractivity contribution is 6.03. The lowest BCUT2D eigenvalue weighted by Gasteiger charge is -2.01. The monoisotopic (exact) mass is 159 g/mol. The largest absolute Gasteiger partial charge is 0.281 e. The molecule has 1 atom stereocenters. The number of benzene rings is 1. The molecule has 0 bridgehead atoms. The van der Waals surface area contributed by atoms with E-state index in [0.717, 1.165) is 6.42 Å². The van der Waals surface area contributed by atoms with Crippen LogP contribution in [0.2, 0.25) is 0 Å². The summed E-state index contributed by atoms with van der Waals surface area (Å²) in [4.78, 5) is 4.59. The molecular formula is C11H13N. The van der Waals surface area contributed by atoms with E-state index in [4.69, 9.17) is 0 Å². The fourth-order valence-electron chi connectivity index (χ4n) is 1.78. The van der Waals surface area contributed by atoms with Crippen LogP contribution in [0.4, 0.5) is 0 Å². The Morgan fingerprint density at radius 3 is 2.83 bits per heavy atom. The summed E-state index contributed by atoms with van der Waals surface area (Å²) in [5, 5.41) is 0. The highest BCUT2D eigenvalue weighted by atomic mass is 14.8. The normalized spacial score (nSPS) is 20.5. The molecule has 1 aromatic carbocycles. The SMILES string of the molecule is CCC1=NC(C)c2ccccc21. The van der Waals surface area contributed by atoms with Crippen molar-refractivity contribution in [3.05, 3.63) is 35.4 Å². The Bertz CT molecular complexity index is 326. The Balaban J connectivity index is 2.53. The lowest BCUT2D eigenvalue weighted by Crippen LogP contribution is -1.94. The van der Waals surface area contributed by atoms with Crippen LogP contribution in [0.5, 0.6) is 0 Å². The van der Waals surface area contributed by atoms with Gasteiger partial charge < -0.3 is 0 Å². The van der Waals surface area contributed by atoms with E-state index in [1.165, 1.54) is 16.8 Å². The molecular weight excluding hydrogens is 146 g/mol. The summed E-state index contributed by atoms with van der Waals surface area (Å²) >= 11 is 0. The van der Waals surface area contributed by atoms with Gasteiger partial charge in [0.15, 0.2) is 0 Å². The highest BCUT2D eigenvalue weighted by Gasteiger charge is 2.18. The number of hydrogen-bond donors (Lipinski definition) is 0. The van der Waals surface area contributed by atoms with Crippen molar-refractivity contribution in [3.63, 3.8) is 0 Å². The van der Waals surface area contributed by atoms with Crippen molar-refractivity contribution >= 4 is 5.71 Å². The summed E-state index contributed by atoms with van der Waals surface area (Å²) in [6, 6.07) is 8.88. The van der Waals surface area contributed by atoms with Crippen molar-refractivity contribution in [2.45, 2.75) is 26.3 Å². The summed E-state index contributed by atoms with van der Waals surface area (Å²) < 4.78 is 0. The van der Waals surface area contributed by atoms with Crippen molar-refractivity contribution in [2.75, 3.05) is 0 Å². The zero-order valence-electron chi connectivity index (χ0n) is 7.54. The summed E-state index contributed by atoms with van der Waals surface area (Å²) in [6.45, 7) is 4.31. The highest BCUT2D eigenvalue weighted by Crippen LogP contribution is 2.29. The third kappa shape index (κ3) is 0.970. The maximum atomic E-state index is 4.59. The van der Waals surface area contributed by atoms with Gasteiger partial charge in [0.1, 0.15) is 0 Å². The first-order chi connectivity index (χ1) is 5.83. The van der Waals surface area contributed by atoms with E-state index >= 15 is 0 Å². The molecule has 1 aromatic rings. The molecule has 0 amide bonds. The average molecular weight is 159 g/mol. The molecule has 1 aliphatic rings. The van der Waals surface area contributed by atoms with Gasteiger partial charge in [0.2, 0.25) is 0 Å². The molecule has 2 rings (SSSR count). The Labute approximate surface area is 73.1 Å². The van der Waals surface area contributed by atoms with E-state index in [1.54, 1.807) is 0 Å². The van der Waals surface area contributed by atoms with Crippen LogP contribution in [0.25, 0.3) is 0 Å². The van der Waals surface area contributed by atoms with Gasteiger partial charge in [-0.1, -0.05) is 31.2 Å². The second-order valence-electron chi connectivity index (χ2n) is 3.19. The van der Waals surface area contributed by atoms with Crippen LogP contribution < -0.4 is 0 Å². The lowest BCUT2D eigenvalue weighted by molar-refractivity contribution is 0.840. The third-order valence-electron chi connectivity index (χ3n) is 2.41. The van der Waals surface area contributed by atoms with Gasteiger partial charge >= 0.3 is 0 Å². The van der Waals surface area contributed by atoms with E-state index in [9.17, 15) is 0 Å². The van der Waals surface area contributed by atoms with Crippen LogP contribution in [-0.4, -0.2) is 5.71 Å². The Morgan fingerprint density at radius 2 is 2.08 bits per heavy atom. The zero-order chi connectivity index (χ0) is 8.55. The van der Waals surface area contributed by atoms with Crippen LogP contribution in [0.1, 0.15) is 37.4 Å². The summed E-state index contributed by atoms with van der Waals surface area (Å²) in [7, 11) is 0. The molecule has 0 radical (unpaired) electrons. The molecule has 1 nitrogen and oxygen atoms in total. The Hall–Kier alpha value is -1.11. The zero-order valence-corrected chi connectivity index (χ0v) is 7.54. The molecule has 1 heterocycles. The molecule has 62 valence electrons. The van der Waals surface area contributed by atoms with Gasteiger partial charge in [0.05, 0.1) is 6.04 Å². The molecule has 12 heavy (non-hydrogen) atoms. The quantitative estimate of drug-likeness (QED) is 0.597. The first-order valence-corrected chi connectivity index (χ1v) is 4.49. The molecule has 0 N–H and O–H groups in total. The minimum absolute atomic E-state index is 0.371. The lowest BCUT2D eigenvalue weighted by atomic mass is 10.0. The number of aliphatic imine (C=N–C) groups is 1. The Morgan fingerprint density at radius 1 is 1.33 bits per heavy atom.